The molecule has 0 bridgehead atoms. The van der Waals surface area contributed by atoms with Gasteiger partial charge in [-0.1, -0.05) is 30.3 Å². The van der Waals surface area contributed by atoms with Gasteiger partial charge in [0.05, 0.1) is 0 Å². The lowest BCUT2D eigenvalue weighted by molar-refractivity contribution is -0.149. The molecule has 0 aliphatic carbocycles. The maximum atomic E-state index is 11.5. The third-order valence-corrected chi connectivity index (χ3v) is 2.34. The molecule has 0 aliphatic heterocycles. The molecule has 0 radical (unpaired) electrons. The van der Waals surface area contributed by atoms with E-state index in [1.54, 1.807) is 0 Å². The van der Waals surface area contributed by atoms with Crippen LogP contribution >= 0.6 is 0 Å². The van der Waals surface area contributed by atoms with Gasteiger partial charge in [-0.3, -0.25) is 9.69 Å². The zero-order valence-corrected chi connectivity index (χ0v) is 9.43. The molecule has 0 saturated heterocycles. The summed E-state index contributed by atoms with van der Waals surface area (Å²) in [5.41, 5.74) is 1.01. The minimum absolute atomic E-state index is 0.191. The molecule has 0 N–H and O–H groups in total. The number of benzene rings is 1. The van der Waals surface area contributed by atoms with E-state index in [0.717, 1.165) is 5.56 Å². The second-order valence-electron chi connectivity index (χ2n) is 3.73. The van der Waals surface area contributed by atoms with Gasteiger partial charge in [0.2, 0.25) is 0 Å². The normalized spacial score (nSPS) is 12.5. The molecular weight excluding hydrogens is 190 g/mol. The number of nitrogens with zero attached hydrogens (tertiary/aromatic N) is 1. The SMILES string of the molecule is C[C@@H](C(=O)OCc1ccccc1)N(C)C. The highest BCUT2D eigenvalue weighted by molar-refractivity contribution is 5.75. The number of hydrogen-bond donors (Lipinski definition) is 0. The summed E-state index contributed by atoms with van der Waals surface area (Å²) in [6.07, 6.45) is 0. The topological polar surface area (TPSA) is 29.5 Å². The molecule has 3 heteroatoms. The van der Waals surface area contributed by atoms with E-state index >= 15 is 0 Å². The van der Waals surface area contributed by atoms with E-state index in [0.29, 0.717) is 6.61 Å². The second-order valence-corrected chi connectivity index (χ2v) is 3.73. The highest BCUT2D eigenvalue weighted by Gasteiger charge is 2.15. The maximum absolute atomic E-state index is 11.5. The van der Waals surface area contributed by atoms with Gasteiger partial charge in [-0.25, -0.2) is 0 Å². The molecule has 0 spiro atoms. The lowest BCUT2D eigenvalue weighted by atomic mass is 10.2. The molecule has 3 nitrogen and oxygen atoms in total. The Morgan fingerprint density at radius 3 is 2.47 bits per heavy atom. The van der Waals surface area contributed by atoms with Crippen LogP contribution in [-0.2, 0) is 16.1 Å². The number of carbonyl (C=O) groups excluding carboxylic acids is 1. The predicted octanol–water partition coefficient (Wildman–Crippen LogP) is 1.68. The molecule has 0 amide bonds. The van der Waals surface area contributed by atoms with E-state index in [4.69, 9.17) is 4.74 Å². The van der Waals surface area contributed by atoms with E-state index < -0.39 is 0 Å². The largest absolute Gasteiger partial charge is 0.460 e. The molecular formula is C12H17NO2. The fraction of sp³-hybridized carbons (Fsp3) is 0.417. The average Bonchev–Trinajstić information content (AvgIpc) is 2.26. The fourth-order valence-corrected chi connectivity index (χ4v) is 1.06. The molecule has 0 aromatic heterocycles. The minimum Gasteiger partial charge on any atom is -0.460 e. The van der Waals surface area contributed by atoms with E-state index in [2.05, 4.69) is 0 Å². The molecule has 0 saturated carbocycles. The van der Waals surface area contributed by atoms with Gasteiger partial charge in [-0.15, -0.1) is 0 Å². The van der Waals surface area contributed by atoms with Crippen LogP contribution in [0.25, 0.3) is 0 Å². The van der Waals surface area contributed by atoms with Crippen LogP contribution in [0.5, 0.6) is 0 Å². The number of rotatable bonds is 4. The Kier molecular flexibility index (Phi) is 4.31. The molecule has 0 unspecified atom stereocenters. The molecule has 0 aliphatic rings. The van der Waals surface area contributed by atoms with Crippen LogP contribution in [-0.4, -0.2) is 31.0 Å². The van der Waals surface area contributed by atoms with Gasteiger partial charge in [0.1, 0.15) is 12.6 Å². The monoisotopic (exact) mass is 207 g/mol. The van der Waals surface area contributed by atoms with Crippen molar-refractivity contribution in [1.29, 1.82) is 0 Å². The second kappa shape index (κ2) is 5.51. The first-order chi connectivity index (χ1) is 7.11. The van der Waals surface area contributed by atoms with Crippen molar-refractivity contribution in [2.24, 2.45) is 0 Å². The number of likely N-dealkylation sites (N-methyl/N-ethyl adjacent to an activating group) is 1. The van der Waals surface area contributed by atoms with Crippen molar-refractivity contribution in [1.82, 2.24) is 4.90 Å². The van der Waals surface area contributed by atoms with Crippen molar-refractivity contribution in [3.63, 3.8) is 0 Å². The third kappa shape index (κ3) is 3.72. The first kappa shape index (κ1) is 11.7. The Labute approximate surface area is 90.7 Å². The van der Waals surface area contributed by atoms with Gasteiger partial charge in [0.25, 0.3) is 0 Å². The summed E-state index contributed by atoms with van der Waals surface area (Å²) in [6, 6.07) is 9.47. The van der Waals surface area contributed by atoms with Crippen LogP contribution in [0, 0.1) is 0 Å². The number of hydrogen-bond acceptors (Lipinski definition) is 3. The molecule has 0 fully saturated rings. The zero-order valence-electron chi connectivity index (χ0n) is 9.43. The van der Waals surface area contributed by atoms with Crippen molar-refractivity contribution in [3.05, 3.63) is 35.9 Å². The lowest BCUT2D eigenvalue weighted by Gasteiger charge is -2.17. The molecule has 0 heterocycles. The van der Waals surface area contributed by atoms with Crippen LogP contribution in [0.1, 0.15) is 12.5 Å². The van der Waals surface area contributed by atoms with Crippen molar-refractivity contribution < 1.29 is 9.53 Å². The van der Waals surface area contributed by atoms with Gasteiger partial charge in [-0.2, -0.15) is 0 Å². The van der Waals surface area contributed by atoms with Crippen molar-refractivity contribution in [3.8, 4) is 0 Å². The summed E-state index contributed by atoms with van der Waals surface area (Å²) < 4.78 is 5.17. The van der Waals surface area contributed by atoms with E-state index in [1.165, 1.54) is 0 Å². The number of esters is 1. The molecule has 1 atom stereocenters. The summed E-state index contributed by atoms with van der Waals surface area (Å²) in [7, 11) is 3.71. The molecule has 82 valence electrons. The van der Waals surface area contributed by atoms with Crippen LogP contribution < -0.4 is 0 Å². The Morgan fingerprint density at radius 2 is 1.93 bits per heavy atom. The van der Waals surface area contributed by atoms with Crippen LogP contribution in [0.4, 0.5) is 0 Å². The van der Waals surface area contributed by atoms with Gasteiger partial charge in [-0.05, 0) is 26.6 Å². The quantitative estimate of drug-likeness (QED) is 0.703. The van der Waals surface area contributed by atoms with E-state index in [9.17, 15) is 4.79 Å². The Bertz CT molecular complexity index is 309. The van der Waals surface area contributed by atoms with Crippen molar-refractivity contribution in [2.45, 2.75) is 19.6 Å². The average molecular weight is 207 g/mol. The van der Waals surface area contributed by atoms with Gasteiger partial charge in [0, 0.05) is 0 Å². The summed E-state index contributed by atoms with van der Waals surface area (Å²) in [5.74, 6) is -0.191. The summed E-state index contributed by atoms with van der Waals surface area (Å²) in [6.45, 7) is 2.17. The standard InChI is InChI=1S/C12H17NO2/c1-10(13(2)3)12(14)15-9-11-7-5-4-6-8-11/h4-8,10H,9H2,1-3H3/t10-/m0/s1. The number of carbonyl (C=O) groups is 1. The molecule has 15 heavy (non-hydrogen) atoms. The highest BCUT2D eigenvalue weighted by Crippen LogP contribution is 2.03. The minimum atomic E-state index is -0.200. The van der Waals surface area contributed by atoms with E-state index in [-0.39, 0.29) is 12.0 Å². The first-order valence-electron chi connectivity index (χ1n) is 4.98. The predicted molar refractivity (Wildman–Crippen MR) is 59.4 cm³/mol. The van der Waals surface area contributed by atoms with Crippen molar-refractivity contribution in [2.75, 3.05) is 14.1 Å². The van der Waals surface area contributed by atoms with Gasteiger partial charge in [0.15, 0.2) is 0 Å². The summed E-state index contributed by atoms with van der Waals surface area (Å²) in [5, 5.41) is 0. The smallest absolute Gasteiger partial charge is 0.323 e. The summed E-state index contributed by atoms with van der Waals surface area (Å²) >= 11 is 0. The Hall–Kier alpha value is -1.35. The molecule has 1 aromatic carbocycles. The molecule has 1 rings (SSSR count). The Balaban J connectivity index is 2.41. The summed E-state index contributed by atoms with van der Waals surface area (Å²) in [4.78, 5) is 13.3. The molecule has 1 aromatic rings. The maximum Gasteiger partial charge on any atom is 0.323 e. The number of ether oxygens (including phenoxy) is 1. The highest BCUT2D eigenvalue weighted by atomic mass is 16.5. The third-order valence-electron chi connectivity index (χ3n) is 2.34. The zero-order chi connectivity index (χ0) is 11.3. The van der Waals surface area contributed by atoms with Gasteiger partial charge < -0.3 is 4.74 Å². The van der Waals surface area contributed by atoms with E-state index in [1.807, 2.05) is 56.3 Å². The fourth-order valence-electron chi connectivity index (χ4n) is 1.06. The van der Waals surface area contributed by atoms with Crippen LogP contribution in [0.2, 0.25) is 0 Å². The Morgan fingerprint density at radius 1 is 1.33 bits per heavy atom. The van der Waals surface area contributed by atoms with Crippen LogP contribution in [0.3, 0.4) is 0 Å². The lowest BCUT2D eigenvalue weighted by Crippen LogP contribution is -2.34. The van der Waals surface area contributed by atoms with Gasteiger partial charge >= 0.3 is 5.97 Å². The van der Waals surface area contributed by atoms with Crippen molar-refractivity contribution >= 4 is 5.97 Å². The van der Waals surface area contributed by atoms with Crippen LogP contribution in [0.15, 0.2) is 30.3 Å². The first-order valence-corrected chi connectivity index (χ1v) is 4.98.